The van der Waals surface area contributed by atoms with Gasteiger partial charge in [-0.05, 0) is 31.0 Å². The summed E-state index contributed by atoms with van der Waals surface area (Å²) in [5.41, 5.74) is 3.71. The maximum atomic E-state index is 13.3. The Balaban J connectivity index is 1.64. The van der Waals surface area contributed by atoms with Crippen LogP contribution >= 0.6 is 22.9 Å². The maximum absolute atomic E-state index is 13.3. The van der Waals surface area contributed by atoms with E-state index in [4.69, 9.17) is 11.6 Å². The van der Waals surface area contributed by atoms with Crippen LogP contribution in [0, 0.1) is 19.3 Å². The van der Waals surface area contributed by atoms with Crippen LogP contribution < -0.4 is 10.2 Å². The molecule has 3 aromatic heterocycles. The summed E-state index contributed by atoms with van der Waals surface area (Å²) in [7, 11) is 0. The van der Waals surface area contributed by atoms with Crippen LogP contribution in [0.15, 0.2) is 24.5 Å². The standard InChI is InChI=1S/C23H24ClN5O2S/c1-12-8-13(2)18(26-10-12)14-9-17(25-11-15(14)24)29-7-6-16-19(20(29)30)32-22(27-16)28-21(31)23(3,4)5/h8-11H,6-7H2,1-5H3,(H,27,28,31). The second-order valence-corrected chi connectivity index (χ2v) is 10.3. The highest BCUT2D eigenvalue weighted by atomic mass is 35.5. The minimum absolute atomic E-state index is 0.141. The first-order valence-electron chi connectivity index (χ1n) is 10.3. The van der Waals surface area contributed by atoms with Gasteiger partial charge in [0.05, 0.1) is 16.4 Å². The van der Waals surface area contributed by atoms with E-state index in [0.29, 0.717) is 39.5 Å². The molecule has 4 heterocycles. The van der Waals surface area contributed by atoms with Crippen LogP contribution in [-0.4, -0.2) is 33.3 Å². The quantitative estimate of drug-likeness (QED) is 0.579. The van der Waals surface area contributed by atoms with Crippen molar-refractivity contribution in [2.75, 3.05) is 16.8 Å². The molecule has 0 saturated heterocycles. The van der Waals surface area contributed by atoms with Crippen molar-refractivity contribution >= 4 is 45.7 Å². The van der Waals surface area contributed by atoms with E-state index in [1.807, 2.05) is 40.7 Å². The predicted molar refractivity (Wildman–Crippen MR) is 128 cm³/mol. The van der Waals surface area contributed by atoms with Crippen molar-refractivity contribution in [3.63, 3.8) is 0 Å². The van der Waals surface area contributed by atoms with Crippen LogP contribution in [0.25, 0.3) is 11.3 Å². The Morgan fingerprint density at radius 2 is 1.94 bits per heavy atom. The fourth-order valence-electron chi connectivity index (χ4n) is 3.44. The summed E-state index contributed by atoms with van der Waals surface area (Å²) in [4.78, 5) is 41.1. The Bertz CT molecular complexity index is 1230. The lowest BCUT2D eigenvalue weighted by Gasteiger charge is -2.25. The molecule has 0 unspecified atom stereocenters. The predicted octanol–water partition coefficient (Wildman–Crippen LogP) is 5.06. The van der Waals surface area contributed by atoms with Gasteiger partial charge < -0.3 is 5.32 Å². The fraction of sp³-hybridized carbons (Fsp3) is 0.348. The van der Waals surface area contributed by atoms with Gasteiger partial charge in [-0.2, -0.15) is 0 Å². The number of thiazole rings is 1. The molecule has 1 N–H and O–H groups in total. The highest BCUT2D eigenvalue weighted by Crippen LogP contribution is 2.35. The molecule has 1 aliphatic heterocycles. The van der Waals surface area contributed by atoms with E-state index in [0.717, 1.165) is 22.4 Å². The van der Waals surface area contributed by atoms with Gasteiger partial charge in [0.1, 0.15) is 10.7 Å². The number of hydrogen-bond donors (Lipinski definition) is 1. The number of nitrogens with one attached hydrogen (secondary N) is 1. The maximum Gasteiger partial charge on any atom is 0.271 e. The number of rotatable bonds is 3. The summed E-state index contributed by atoms with van der Waals surface area (Å²) in [5.74, 6) is 0.183. The number of halogens is 1. The average Bonchev–Trinajstić information content (AvgIpc) is 3.12. The summed E-state index contributed by atoms with van der Waals surface area (Å²) >= 11 is 7.63. The minimum Gasteiger partial charge on any atom is -0.301 e. The van der Waals surface area contributed by atoms with Crippen LogP contribution in [-0.2, 0) is 11.2 Å². The molecule has 2 amide bonds. The first kappa shape index (κ1) is 22.4. The molecule has 3 aromatic rings. The SMILES string of the molecule is Cc1cnc(-c2cc(N3CCc4nc(NC(=O)C(C)(C)C)sc4C3=O)ncc2Cl)c(C)c1. The number of amides is 2. The van der Waals surface area contributed by atoms with Gasteiger partial charge in [-0.25, -0.2) is 9.97 Å². The molecule has 4 rings (SSSR count). The van der Waals surface area contributed by atoms with E-state index in [2.05, 4.69) is 20.3 Å². The van der Waals surface area contributed by atoms with Crippen LogP contribution in [0.2, 0.25) is 5.02 Å². The molecule has 7 nitrogen and oxygen atoms in total. The summed E-state index contributed by atoms with van der Waals surface area (Å²) in [6.45, 7) is 9.90. The molecule has 0 bridgehead atoms. The lowest BCUT2D eigenvalue weighted by atomic mass is 9.96. The molecule has 166 valence electrons. The van der Waals surface area contributed by atoms with Crippen molar-refractivity contribution in [1.29, 1.82) is 0 Å². The Morgan fingerprint density at radius 1 is 1.19 bits per heavy atom. The number of carbonyl (C=O) groups excluding carboxylic acids is 2. The van der Waals surface area contributed by atoms with Crippen LogP contribution in [0.1, 0.15) is 47.3 Å². The lowest BCUT2D eigenvalue weighted by Crippen LogP contribution is -2.37. The zero-order valence-electron chi connectivity index (χ0n) is 18.6. The van der Waals surface area contributed by atoms with Gasteiger partial charge in [0.15, 0.2) is 5.13 Å². The van der Waals surface area contributed by atoms with Gasteiger partial charge >= 0.3 is 0 Å². The largest absolute Gasteiger partial charge is 0.301 e. The highest BCUT2D eigenvalue weighted by Gasteiger charge is 2.31. The molecule has 32 heavy (non-hydrogen) atoms. The molecular formula is C23H24ClN5O2S. The second-order valence-electron chi connectivity index (χ2n) is 8.91. The molecule has 0 fully saturated rings. The van der Waals surface area contributed by atoms with Gasteiger partial charge in [0.25, 0.3) is 5.91 Å². The van der Waals surface area contributed by atoms with E-state index in [9.17, 15) is 9.59 Å². The topological polar surface area (TPSA) is 88.1 Å². The second kappa shape index (κ2) is 8.26. The summed E-state index contributed by atoms with van der Waals surface area (Å²) in [6.07, 6.45) is 3.92. The smallest absolute Gasteiger partial charge is 0.271 e. The molecular weight excluding hydrogens is 446 g/mol. The van der Waals surface area contributed by atoms with Crippen molar-refractivity contribution in [3.05, 3.63) is 51.2 Å². The first-order valence-corrected chi connectivity index (χ1v) is 11.5. The highest BCUT2D eigenvalue weighted by molar-refractivity contribution is 7.18. The lowest BCUT2D eigenvalue weighted by molar-refractivity contribution is -0.123. The third-order valence-corrected chi connectivity index (χ3v) is 6.50. The Morgan fingerprint density at radius 3 is 2.62 bits per heavy atom. The number of pyridine rings is 2. The summed E-state index contributed by atoms with van der Waals surface area (Å²) in [6, 6.07) is 3.85. The molecule has 0 spiro atoms. The number of carbonyl (C=O) groups is 2. The van der Waals surface area contributed by atoms with E-state index in [-0.39, 0.29) is 11.8 Å². The van der Waals surface area contributed by atoms with E-state index in [1.54, 1.807) is 23.4 Å². The number of fused-ring (bicyclic) bond motifs is 1. The molecule has 9 heteroatoms. The van der Waals surface area contributed by atoms with Gasteiger partial charge in [0, 0.05) is 36.3 Å². The number of nitrogens with zero attached hydrogens (tertiary/aromatic N) is 4. The third-order valence-electron chi connectivity index (χ3n) is 5.20. The monoisotopic (exact) mass is 469 g/mol. The molecule has 1 aliphatic rings. The normalized spacial score (nSPS) is 13.8. The fourth-order valence-corrected chi connectivity index (χ4v) is 4.59. The average molecular weight is 470 g/mol. The zero-order valence-corrected chi connectivity index (χ0v) is 20.2. The Labute approximate surface area is 195 Å². The van der Waals surface area contributed by atoms with Crippen molar-refractivity contribution in [2.24, 2.45) is 5.41 Å². The van der Waals surface area contributed by atoms with Crippen LogP contribution in [0.4, 0.5) is 10.9 Å². The third kappa shape index (κ3) is 4.25. The van der Waals surface area contributed by atoms with Gasteiger partial charge in [-0.3, -0.25) is 19.5 Å². The molecule has 0 saturated carbocycles. The van der Waals surface area contributed by atoms with E-state index < -0.39 is 5.41 Å². The number of hydrogen-bond acceptors (Lipinski definition) is 6. The molecule has 0 aliphatic carbocycles. The molecule has 0 atom stereocenters. The van der Waals surface area contributed by atoms with Crippen LogP contribution in [0.3, 0.4) is 0 Å². The van der Waals surface area contributed by atoms with Gasteiger partial charge in [-0.15, -0.1) is 0 Å². The minimum atomic E-state index is -0.548. The number of anilines is 2. The molecule has 0 radical (unpaired) electrons. The van der Waals surface area contributed by atoms with Crippen LogP contribution in [0.5, 0.6) is 0 Å². The number of aryl methyl sites for hydroxylation is 2. The zero-order chi connectivity index (χ0) is 23.2. The van der Waals surface area contributed by atoms with Gasteiger partial charge in [0.2, 0.25) is 5.91 Å². The summed E-state index contributed by atoms with van der Waals surface area (Å²) in [5, 5.41) is 3.73. The van der Waals surface area contributed by atoms with Crippen molar-refractivity contribution < 1.29 is 9.59 Å². The van der Waals surface area contributed by atoms with Crippen molar-refractivity contribution in [2.45, 2.75) is 41.0 Å². The van der Waals surface area contributed by atoms with E-state index in [1.165, 1.54) is 11.3 Å². The van der Waals surface area contributed by atoms with E-state index >= 15 is 0 Å². The van der Waals surface area contributed by atoms with Gasteiger partial charge in [-0.1, -0.05) is 49.8 Å². The molecule has 0 aromatic carbocycles. The Kier molecular flexibility index (Phi) is 5.77. The Hall–Kier alpha value is -2.84. The summed E-state index contributed by atoms with van der Waals surface area (Å²) < 4.78 is 0. The first-order chi connectivity index (χ1) is 15.0. The number of aromatic nitrogens is 3. The van der Waals surface area contributed by atoms with Crippen molar-refractivity contribution in [1.82, 2.24) is 15.0 Å². The van der Waals surface area contributed by atoms with Crippen molar-refractivity contribution in [3.8, 4) is 11.3 Å².